The van der Waals surface area contributed by atoms with Gasteiger partial charge >= 0.3 is 0 Å². The predicted molar refractivity (Wildman–Crippen MR) is 81.9 cm³/mol. The molecule has 0 atom stereocenters. The fraction of sp³-hybridized carbons (Fsp3) is 0.933. The minimum absolute atomic E-state index is 0.0794. The molecular weight excluding hydrogens is 254 g/mol. The summed E-state index contributed by atoms with van der Waals surface area (Å²) in [5.41, 5.74) is 0.0794. The molecule has 1 heterocycles. The lowest BCUT2D eigenvalue weighted by Gasteiger charge is -2.24. The molecule has 5 nitrogen and oxygen atoms in total. The third-order valence-electron chi connectivity index (χ3n) is 3.55. The molecule has 0 aromatic rings. The van der Waals surface area contributed by atoms with E-state index in [0.29, 0.717) is 6.42 Å². The maximum absolute atomic E-state index is 12.2. The van der Waals surface area contributed by atoms with Gasteiger partial charge in [-0.05, 0) is 33.7 Å². The molecular formula is C15H31N3O2. The highest BCUT2D eigenvalue weighted by molar-refractivity contribution is 5.76. The quantitative estimate of drug-likeness (QED) is 0.789. The van der Waals surface area contributed by atoms with Crippen LogP contribution in [0.25, 0.3) is 0 Å². The summed E-state index contributed by atoms with van der Waals surface area (Å²) in [6.07, 6.45) is 1.65. The predicted octanol–water partition coefficient (Wildman–Crippen LogP) is 0.945. The molecule has 118 valence electrons. The Labute approximate surface area is 123 Å². The molecule has 0 bridgehead atoms. The highest BCUT2D eigenvalue weighted by Gasteiger charge is 2.19. The van der Waals surface area contributed by atoms with Crippen LogP contribution in [0.3, 0.4) is 0 Å². The first-order chi connectivity index (χ1) is 9.42. The van der Waals surface area contributed by atoms with Gasteiger partial charge in [-0.1, -0.05) is 0 Å². The number of nitrogens with zero attached hydrogens (tertiary/aromatic N) is 2. The first-order valence-electron chi connectivity index (χ1n) is 7.66. The van der Waals surface area contributed by atoms with Gasteiger partial charge in [0, 0.05) is 51.8 Å². The Bertz CT molecular complexity index is 289. The fourth-order valence-electron chi connectivity index (χ4n) is 2.37. The minimum atomic E-state index is 0.0794. The van der Waals surface area contributed by atoms with E-state index in [1.807, 2.05) is 4.90 Å². The molecule has 1 aliphatic rings. The van der Waals surface area contributed by atoms with E-state index >= 15 is 0 Å². The lowest BCUT2D eigenvalue weighted by atomic mass is 10.1. The summed E-state index contributed by atoms with van der Waals surface area (Å²) < 4.78 is 5.11. The largest absolute Gasteiger partial charge is 0.383 e. The Hall–Kier alpha value is -0.650. The van der Waals surface area contributed by atoms with Gasteiger partial charge in [0.2, 0.25) is 5.91 Å². The number of ether oxygens (including phenoxy) is 1. The van der Waals surface area contributed by atoms with Gasteiger partial charge in [0.15, 0.2) is 0 Å². The third-order valence-corrected chi connectivity index (χ3v) is 3.55. The Morgan fingerprint density at radius 3 is 2.60 bits per heavy atom. The average Bonchev–Trinajstić information content (AvgIpc) is 2.60. The smallest absolute Gasteiger partial charge is 0.223 e. The highest BCUT2D eigenvalue weighted by atomic mass is 16.5. The molecule has 1 amide bonds. The van der Waals surface area contributed by atoms with Gasteiger partial charge in [-0.2, -0.15) is 0 Å². The second-order valence-corrected chi connectivity index (χ2v) is 6.50. The van der Waals surface area contributed by atoms with Crippen LogP contribution in [0.2, 0.25) is 0 Å². The first kappa shape index (κ1) is 17.4. The van der Waals surface area contributed by atoms with Crippen molar-refractivity contribution in [2.24, 2.45) is 0 Å². The molecule has 5 heteroatoms. The summed E-state index contributed by atoms with van der Waals surface area (Å²) in [7, 11) is 1.73. The van der Waals surface area contributed by atoms with Crippen molar-refractivity contribution >= 4 is 5.91 Å². The molecule has 0 spiro atoms. The summed E-state index contributed by atoms with van der Waals surface area (Å²) in [6.45, 7) is 12.6. The van der Waals surface area contributed by atoms with E-state index in [0.717, 1.165) is 52.3 Å². The number of methoxy groups -OCH3 is 1. The third kappa shape index (κ3) is 7.22. The van der Waals surface area contributed by atoms with Crippen molar-refractivity contribution in [3.05, 3.63) is 0 Å². The first-order valence-corrected chi connectivity index (χ1v) is 7.66. The molecule has 0 aromatic carbocycles. The van der Waals surface area contributed by atoms with Crippen LogP contribution in [-0.4, -0.2) is 74.2 Å². The van der Waals surface area contributed by atoms with Gasteiger partial charge in [-0.25, -0.2) is 0 Å². The van der Waals surface area contributed by atoms with Crippen molar-refractivity contribution in [3.8, 4) is 0 Å². The van der Waals surface area contributed by atoms with E-state index < -0.39 is 0 Å². The molecule has 1 aliphatic heterocycles. The van der Waals surface area contributed by atoms with Crippen LogP contribution < -0.4 is 5.32 Å². The van der Waals surface area contributed by atoms with E-state index in [9.17, 15) is 4.79 Å². The minimum Gasteiger partial charge on any atom is -0.383 e. The zero-order valence-corrected chi connectivity index (χ0v) is 13.6. The van der Waals surface area contributed by atoms with E-state index in [2.05, 4.69) is 31.0 Å². The molecule has 0 saturated carbocycles. The van der Waals surface area contributed by atoms with Crippen molar-refractivity contribution < 1.29 is 9.53 Å². The maximum atomic E-state index is 12.2. The lowest BCUT2D eigenvalue weighted by Crippen LogP contribution is -2.40. The van der Waals surface area contributed by atoms with Crippen LogP contribution in [0.1, 0.15) is 33.6 Å². The Balaban J connectivity index is 2.27. The van der Waals surface area contributed by atoms with E-state index in [1.165, 1.54) is 0 Å². The average molecular weight is 285 g/mol. The molecule has 0 aliphatic carbocycles. The summed E-state index contributed by atoms with van der Waals surface area (Å²) in [4.78, 5) is 16.6. The number of rotatable bonds is 6. The lowest BCUT2D eigenvalue weighted by molar-refractivity contribution is -0.131. The molecule has 1 N–H and O–H groups in total. The van der Waals surface area contributed by atoms with Crippen LogP contribution >= 0.6 is 0 Å². The number of nitrogens with one attached hydrogen (secondary N) is 1. The van der Waals surface area contributed by atoms with Crippen molar-refractivity contribution in [2.75, 3.05) is 53.0 Å². The van der Waals surface area contributed by atoms with Crippen LogP contribution in [0.4, 0.5) is 0 Å². The Kier molecular flexibility index (Phi) is 7.48. The zero-order chi connectivity index (χ0) is 15.0. The second kappa shape index (κ2) is 8.60. The van der Waals surface area contributed by atoms with Gasteiger partial charge in [0.1, 0.15) is 0 Å². The van der Waals surface area contributed by atoms with Crippen molar-refractivity contribution in [1.29, 1.82) is 0 Å². The van der Waals surface area contributed by atoms with Crippen LogP contribution in [0.5, 0.6) is 0 Å². The molecule has 0 radical (unpaired) electrons. The second-order valence-electron chi connectivity index (χ2n) is 6.50. The topological polar surface area (TPSA) is 44.8 Å². The molecule has 0 aromatic heterocycles. The van der Waals surface area contributed by atoms with Gasteiger partial charge in [0.05, 0.1) is 6.61 Å². The Morgan fingerprint density at radius 2 is 1.95 bits per heavy atom. The van der Waals surface area contributed by atoms with Gasteiger partial charge in [0.25, 0.3) is 0 Å². The number of hydrogen-bond donors (Lipinski definition) is 1. The molecule has 0 unspecified atom stereocenters. The normalized spacial score (nSPS) is 18.1. The maximum Gasteiger partial charge on any atom is 0.223 e. The number of hydrogen-bond acceptors (Lipinski definition) is 4. The highest BCUT2D eigenvalue weighted by Crippen LogP contribution is 2.05. The monoisotopic (exact) mass is 285 g/mol. The summed E-state index contributed by atoms with van der Waals surface area (Å²) in [5.74, 6) is 0.273. The summed E-state index contributed by atoms with van der Waals surface area (Å²) in [6, 6.07) is 0. The van der Waals surface area contributed by atoms with Crippen molar-refractivity contribution in [1.82, 2.24) is 15.1 Å². The molecule has 1 fully saturated rings. The fourth-order valence-corrected chi connectivity index (χ4v) is 2.37. The van der Waals surface area contributed by atoms with Crippen molar-refractivity contribution in [2.45, 2.75) is 39.2 Å². The van der Waals surface area contributed by atoms with E-state index in [1.54, 1.807) is 7.11 Å². The number of carbonyl (C=O) groups excluding carboxylic acids is 1. The Morgan fingerprint density at radius 1 is 1.20 bits per heavy atom. The van der Waals surface area contributed by atoms with Crippen molar-refractivity contribution in [3.63, 3.8) is 0 Å². The van der Waals surface area contributed by atoms with Gasteiger partial charge in [-0.3, -0.25) is 9.69 Å². The van der Waals surface area contributed by atoms with Crippen LogP contribution in [0, 0.1) is 0 Å². The number of amides is 1. The van der Waals surface area contributed by atoms with E-state index in [-0.39, 0.29) is 11.4 Å². The molecule has 20 heavy (non-hydrogen) atoms. The standard InChI is InChI=1S/C15H31N3O2/c1-15(2,3)16-7-6-14(19)18-9-5-8-17(10-11-18)12-13-20-4/h16H,5-13H2,1-4H3. The molecule has 1 saturated heterocycles. The van der Waals surface area contributed by atoms with Gasteiger partial charge < -0.3 is 15.0 Å². The SMILES string of the molecule is COCCN1CCCN(C(=O)CCNC(C)(C)C)CC1. The van der Waals surface area contributed by atoms with Crippen LogP contribution in [0.15, 0.2) is 0 Å². The summed E-state index contributed by atoms with van der Waals surface area (Å²) in [5, 5.41) is 3.37. The zero-order valence-electron chi connectivity index (χ0n) is 13.6. The van der Waals surface area contributed by atoms with Crippen LogP contribution in [-0.2, 0) is 9.53 Å². The molecule has 1 rings (SSSR count). The number of carbonyl (C=O) groups is 1. The van der Waals surface area contributed by atoms with E-state index in [4.69, 9.17) is 4.74 Å². The summed E-state index contributed by atoms with van der Waals surface area (Å²) >= 11 is 0. The van der Waals surface area contributed by atoms with Gasteiger partial charge in [-0.15, -0.1) is 0 Å².